The van der Waals surface area contributed by atoms with Crippen molar-refractivity contribution >= 4 is 45.1 Å². The Labute approximate surface area is 182 Å². The molecule has 0 bridgehead atoms. The molecule has 0 saturated heterocycles. The van der Waals surface area contributed by atoms with Crippen LogP contribution in [0.5, 0.6) is 5.88 Å². The first-order chi connectivity index (χ1) is 14.0. The van der Waals surface area contributed by atoms with Gasteiger partial charge in [0.25, 0.3) is 0 Å². The molecule has 4 aromatic rings. The highest BCUT2D eigenvalue weighted by Crippen LogP contribution is 2.38. The molecule has 29 heavy (non-hydrogen) atoms. The molecule has 8 heteroatoms. The highest BCUT2D eigenvalue weighted by molar-refractivity contribution is 14.1. The molecule has 0 atom stereocenters. The minimum absolute atomic E-state index is 0.402. The van der Waals surface area contributed by atoms with Crippen LogP contribution in [-0.2, 0) is 0 Å². The van der Waals surface area contributed by atoms with Gasteiger partial charge >= 0.3 is 0 Å². The molecule has 0 unspecified atom stereocenters. The molecule has 0 aliphatic heterocycles. The molecule has 2 N–H and O–H groups in total. The summed E-state index contributed by atoms with van der Waals surface area (Å²) >= 11 is 2.58. The van der Waals surface area contributed by atoms with E-state index in [1.807, 2.05) is 29.0 Å². The Bertz CT molecular complexity index is 1170. The predicted octanol–water partition coefficient (Wildman–Crippen LogP) is 4.83. The van der Waals surface area contributed by atoms with Crippen molar-refractivity contribution in [2.75, 3.05) is 12.4 Å². The maximum atomic E-state index is 5.65. The normalized spacial score (nSPS) is 22.2. The van der Waals surface area contributed by atoms with Gasteiger partial charge < -0.3 is 15.0 Å². The van der Waals surface area contributed by atoms with Gasteiger partial charge in [-0.25, -0.2) is 4.52 Å². The number of pyridine rings is 1. The summed E-state index contributed by atoms with van der Waals surface area (Å²) in [5.41, 5.74) is 3.90. The van der Waals surface area contributed by atoms with Gasteiger partial charge in [0.1, 0.15) is 5.65 Å². The van der Waals surface area contributed by atoms with Gasteiger partial charge in [0.2, 0.25) is 11.8 Å². The van der Waals surface area contributed by atoms with E-state index in [4.69, 9.17) is 9.72 Å². The zero-order valence-corrected chi connectivity index (χ0v) is 18.6. The minimum Gasteiger partial charge on any atom is -0.480 e. The topological polar surface area (TPSA) is 80.1 Å². The predicted molar refractivity (Wildman–Crippen MR) is 123 cm³/mol. The average Bonchev–Trinajstić information content (AvgIpc) is 3.35. The van der Waals surface area contributed by atoms with Crippen LogP contribution in [0.15, 0.2) is 36.8 Å². The van der Waals surface area contributed by atoms with Gasteiger partial charge in [-0.1, -0.05) is 29.5 Å². The maximum absolute atomic E-state index is 5.65. The first-order valence-corrected chi connectivity index (χ1v) is 10.9. The second kappa shape index (κ2) is 7.16. The number of nitrogens with one attached hydrogen (secondary N) is 2. The van der Waals surface area contributed by atoms with Crippen LogP contribution in [0.3, 0.4) is 0 Å². The van der Waals surface area contributed by atoms with Crippen LogP contribution in [-0.4, -0.2) is 41.1 Å². The molecule has 1 saturated carbocycles. The van der Waals surface area contributed by atoms with Crippen molar-refractivity contribution in [3.63, 3.8) is 0 Å². The standard InChI is InChI=1S/C21H23IN6O/c1-21(22)7-3-14(4-8-21)25-20-26-18-17(19(27-20)29-2)16(12-23-18)13-6-10-28-15(11-13)5-9-24-28/h5-6,9-12,14H,3-4,7-8H2,1-2H3,(H2,23,25,26,27)/t14-,21+. The number of hydrogen-bond acceptors (Lipinski definition) is 5. The summed E-state index contributed by atoms with van der Waals surface area (Å²) in [6, 6.07) is 6.53. The molecule has 5 rings (SSSR count). The summed E-state index contributed by atoms with van der Waals surface area (Å²) in [6.07, 6.45) is 10.4. The molecule has 150 valence electrons. The summed E-state index contributed by atoms with van der Waals surface area (Å²) in [4.78, 5) is 12.7. The number of anilines is 1. The first-order valence-electron chi connectivity index (χ1n) is 9.85. The van der Waals surface area contributed by atoms with Crippen molar-refractivity contribution in [1.29, 1.82) is 0 Å². The van der Waals surface area contributed by atoms with Gasteiger partial charge in [-0.2, -0.15) is 15.1 Å². The number of alkyl halides is 1. The van der Waals surface area contributed by atoms with Crippen molar-refractivity contribution in [3.8, 4) is 17.0 Å². The van der Waals surface area contributed by atoms with Gasteiger partial charge in [0.15, 0.2) is 0 Å². The molecule has 1 fully saturated rings. The number of halogens is 1. The Morgan fingerprint density at radius 2 is 2.10 bits per heavy atom. The molecular formula is C21H23IN6O. The second-order valence-electron chi connectivity index (χ2n) is 7.93. The number of hydrogen-bond donors (Lipinski definition) is 2. The number of methoxy groups -OCH3 is 1. The number of ether oxygens (including phenoxy) is 1. The van der Waals surface area contributed by atoms with E-state index in [1.165, 1.54) is 12.8 Å². The fourth-order valence-corrected chi connectivity index (χ4v) is 4.70. The Hall–Kier alpha value is -2.36. The first kappa shape index (κ1) is 18.7. The molecule has 0 amide bonds. The number of rotatable bonds is 4. The Balaban J connectivity index is 1.49. The minimum atomic E-state index is 0.402. The van der Waals surface area contributed by atoms with Crippen molar-refractivity contribution in [1.82, 2.24) is 24.6 Å². The molecule has 0 aromatic carbocycles. The van der Waals surface area contributed by atoms with E-state index in [-0.39, 0.29) is 0 Å². The smallest absolute Gasteiger partial charge is 0.228 e. The number of nitrogens with zero attached hydrogens (tertiary/aromatic N) is 4. The molecular weight excluding hydrogens is 479 g/mol. The summed E-state index contributed by atoms with van der Waals surface area (Å²) in [5, 5.41) is 8.68. The van der Waals surface area contributed by atoms with Crippen LogP contribution < -0.4 is 10.1 Å². The lowest BCUT2D eigenvalue weighted by molar-refractivity contribution is 0.398. The summed E-state index contributed by atoms with van der Waals surface area (Å²) in [5.74, 6) is 1.20. The Kier molecular flexibility index (Phi) is 4.60. The van der Waals surface area contributed by atoms with Crippen molar-refractivity contribution in [2.45, 2.75) is 42.1 Å². The van der Waals surface area contributed by atoms with Crippen molar-refractivity contribution < 1.29 is 4.74 Å². The van der Waals surface area contributed by atoms with E-state index >= 15 is 0 Å². The monoisotopic (exact) mass is 502 g/mol. The average molecular weight is 502 g/mol. The highest BCUT2D eigenvalue weighted by Gasteiger charge is 2.29. The zero-order valence-electron chi connectivity index (χ0n) is 16.4. The molecule has 1 aliphatic rings. The SMILES string of the molecule is COc1nc(N[C@H]2CC[C@@](C)(I)CC2)nc2[nH]cc(-c3ccn4nccc4c3)c12. The fraction of sp³-hybridized carbons (Fsp3) is 0.381. The van der Waals surface area contributed by atoms with Gasteiger partial charge in [-0.05, 0) is 49.4 Å². The van der Waals surface area contributed by atoms with E-state index in [9.17, 15) is 0 Å². The Morgan fingerprint density at radius 1 is 1.28 bits per heavy atom. The van der Waals surface area contributed by atoms with E-state index in [2.05, 4.69) is 56.0 Å². The molecule has 0 radical (unpaired) electrons. The highest BCUT2D eigenvalue weighted by atomic mass is 127. The van der Waals surface area contributed by atoms with Crippen molar-refractivity contribution in [3.05, 3.63) is 36.8 Å². The van der Waals surface area contributed by atoms with Gasteiger partial charge in [0, 0.05) is 33.6 Å². The van der Waals surface area contributed by atoms with Crippen LogP contribution in [0.25, 0.3) is 27.7 Å². The summed E-state index contributed by atoms with van der Waals surface area (Å²) < 4.78 is 7.91. The lowest BCUT2D eigenvalue weighted by Gasteiger charge is -2.33. The van der Waals surface area contributed by atoms with Crippen LogP contribution in [0.1, 0.15) is 32.6 Å². The third kappa shape index (κ3) is 3.54. The number of aromatic nitrogens is 5. The third-order valence-electron chi connectivity index (χ3n) is 5.76. The molecule has 4 aromatic heterocycles. The van der Waals surface area contributed by atoms with Crippen LogP contribution >= 0.6 is 22.6 Å². The van der Waals surface area contributed by atoms with Crippen molar-refractivity contribution in [2.24, 2.45) is 0 Å². The summed E-state index contributed by atoms with van der Waals surface area (Å²) in [7, 11) is 1.66. The van der Waals surface area contributed by atoms with Crippen LogP contribution in [0.4, 0.5) is 5.95 Å². The molecule has 7 nitrogen and oxygen atoms in total. The van der Waals surface area contributed by atoms with Crippen LogP contribution in [0.2, 0.25) is 0 Å². The van der Waals surface area contributed by atoms with Crippen LogP contribution in [0, 0.1) is 0 Å². The number of aromatic amines is 1. The molecule has 0 spiro atoms. The number of fused-ring (bicyclic) bond motifs is 2. The largest absolute Gasteiger partial charge is 0.480 e. The third-order valence-corrected chi connectivity index (χ3v) is 6.84. The lowest BCUT2D eigenvalue weighted by Crippen LogP contribution is -2.32. The van der Waals surface area contributed by atoms with Gasteiger partial charge in [0.05, 0.1) is 18.0 Å². The van der Waals surface area contributed by atoms with Gasteiger partial charge in [-0.3, -0.25) is 0 Å². The van der Waals surface area contributed by atoms with E-state index < -0.39 is 0 Å². The second-order valence-corrected chi connectivity index (χ2v) is 10.5. The van der Waals surface area contributed by atoms with E-state index in [1.54, 1.807) is 13.3 Å². The Morgan fingerprint density at radius 3 is 2.90 bits per heavy atom. The quantitative estimate of drug-likeness (QED) is 0.309. The van der Waals surface area contributed by atoms with E-state index in [0.717, 1.165) is 40.5 Å². The lowest BCUT2D eigenvalue weighted by atomic mass is 9.87. The maximum Gasteiger partial charge on any atom is 0.228 e. The molecule has 1 aliphatic carbocycles. The zero-order chi connectivity index (χ0) is 20.0. The number of H-pyrrole nitrogens is 1. The molecule has 4 heterocycles. The summed E-state index contributed by atoms with van der Waals surface area (Å²) in [6.45, 7) is 2.33. The fourth-order valence-electron chi connectivity index (χ4n) is 4.08. The van der Waals surface area contributed by atoms with Gasteiger partial charge in [-0.15, -0.1) is 0 Å². The van der Waals surface area contributed by atoms with E-state index in [0.29, 0.717) is 21.3 Å².